The molecule has 1 aliphatic heterocycles. The van der Waals surface area contributed by atoms with E-state index in [1.807, 2.05) is 19.1 Å². The van der Waals surface area contributed by atoms with Crippen molar-refractivity contribution >= 4 is 17.5 Å². The highest BCUT2D eigenvalue weighted by Gasteiger charge is 2.25. The number of nitriles is 1. The molecule has 0 radical (unpaired) electrons. The third kappa shape index (κ3) is 4.34. The highest BCUT2D eigenvalue weighted by Crippen LogP contribution is 2.21. The van der Waals surface area contributed by atoms with E-state index in [4.69, 9.17) is 26.3 Å². The number of halogens is 1. The molecule has 0 bridgehead atoms. The zero-order valence-electron chi connectivity index (χ0n) is 14.4. The lowest BCUT2D eigenvalue weighted by atomic mass is 10.1. The van der Waals surface area contributed by atoms with Crippen molar-refractivity contribution in [1.82, 2.24) is 4.90 Å². The molecule has 6 heteroatoms. The Kier molecular flexibility index (Phi) is 5.77. The molecule has 0 aliphatic carbocycles. The van der Waals surface area contributed by atoms with Gasteiger partial charge in [-0.1, -0.05) is 17.7 Å². The smallest absolute Gasteiger partial charge is 0.254 e. The molecule has 3 rings (SSSR count). The molecule has 1 fully saturated rings. The van der Waals surface area contributed by atoms with Crippen LogP contribution in [0.5, 0.6) is 5.75 Å². The summed E-state index contributed by atoms with van der Waals surface area (Å²) in [6.45, 7) is 3.69. The third-order valence-corrected chi connectivity index (χ3v) is 4.65. The van der Waals surface area contributed by atoms with Crippen molar-refractivity contribution in [2.45, 2.75) is 13.0 Å². The lowest BCUT2D eigenvalue weighted by molar-refractivity contribution is -0.0401. The summed E-state index contributed by atoms with van der Waals surface area (Å²) in [5.41, 5.74) is 1.93. The van der Waals surface area contributed by atoms with Crippen molar-refractivity contribution in [3.63, 3.8) is 0 Å². The average molecular weight is 371 g/mol. The van der Waals surface area contributed by atoms with Gasteiger partial charge >= 0.3 is 0 Å². The number of carbonyl (C=O) groups excluding carboxylic acids is 1. The van der Waals surface area contributed by atoms with Crippen LogP contribution in [0.3, 0.4) is 0 Å². The fraction of sp³-hybridized carbons (Fsp3) is 0.300. The van der Waals surface area contributed by atoms with Gasteiger partial charge in [0.05, 0.1) is 24.8 Å². The monoisotopic (exact) mass is 370 g/mol. The summed E-state index contributed by atoms with van der Waals surface area (Å²) in [5.74, 6) is 0.624. The fourth-order valence-corrected chi connectivity index (χ4v) is 2.92. The van der Waals surface area contributed by atoms with E-state index in [0.717, 1.165) is 11.3 Å². The van der Waals surface area contributed by atoms with Gasteiger partial charge in [0, 0.05) is 17.1 Å². The largest absolute Gasteiger partial charge is 0.491 e. The van der Waals surface area contributed by atoms with Crippen LogP contribution in [0.1, 0.15) is 21.5 Å². The van der Waals surface area contributed by atoms with E-state index in [1.54, 1.807) is 35.2 Å². The van der Waals surface area contributed by atoms with Gasteiger partial charge in [0.15, 0.2) is 0 Å². The fourth-order valence-electron chi connectivity index (χ4n) is 2.81. The van der Waals surface area contributed by atoms with E-state index in [1.165, 1.54) is 0 Å². The first-order chi connectivity index (χ1) is 12.6. The number of hydrogen-bond acceptors (Lipinski definition) is 4. The molecule has 1 saturated heterocycles. The summed E-state index contributed by atoms with van der Waals surface area (Å²) in [6, 6.07) is 14.3. The molecule has 134 valence electrons. The number of ether oxygens (including phenoxy) is 2. The van der Waals surface area contributed by atoms with Crippen molar-refractivity contribution in [3.05, 3.63) is 64.2 Å². The van der Waals surface area contributed by atoms with Gasteiger partial charge in [0.2, 0.25) is 0 Å². The van der Waals surface area contributed by atoms with Gasteiger partial charge in [-0.05, 0) is 48.9 Å². The second-order valence-electron chi connectivity index (χ2n) is 6.16. The van der Waals surface area contributed by atoms with Gasteiger partial charge in [-0.2, -0.15) is 5.26 Å². The number of benzene rings is 2. The number of morpholine rings is 1. The molecule has 0 N–H and O–H groups in total. The summed E-state index contributed by atoms with van der Waals surface area (Å²) in [4.78, 5) is 14.4. The summed E-state index contributed by atoms with van der Waals surface area (Å²) in [5, 5.41) is 9.69. The van der Waals surface area contributed by atoms with Crippen LogP contribution in [0.4, 0.5) is 0 Å². The van der Waals surface area contributed by atoms with E-state index < -0.39 is 0 Å². The van der Waals surface area contributed by atoms with Gasteiger partial charge in [0.25, 0.3) is 5.91 Å². The molecule has 1 atom stereocenters. The maximum absolute atomic E-state index is 12.7. The Bertz CT molecular complexity index is 847. The standard InChI is InChI=1S/C20H19ClN2O3/c1-14-9-17(5-6-19(14)21)26-13-18-12-23(7-8-25-18)20(24)16-4-2-3-15(10-16)11-22/h2-6,9-10,18H,7-8,12-13H2,1H3. The van der Waals surface area contributed by atoms with Crippen LogP contribution in [-0.4, -0.2) is 43.2 Å². The summed E-state index contributed by atoms with van der Waals surface area (Å²) in [6.07, 6.45) is -0.206. The topological polar surface area (TPSA) is 62.6 Å². The molecule has 0 spiro atoms. The predicted molar refractivity (Wildman–Crippen MR) is 98.5 cm³/mol. The molecule has 1 amide bonds. The minimum atomic E-state index is -0.206. The van der Waals surface area contributed by atoms with E-state index in [-0.39, 0.29) is 12.0 Å². The second-order valence-corrected chi connectivity index (χ2v) is 6.57. The number of aryl methyl sites for hydroxylation is 1. The minimum Gasteiger partial charge on any atom is -0.491 e. The van der Waals surface area contributed by atoms with Gasteiger partial charge in [-0.3, -0.25) is 4.79 Å². The molecule has 2 aromatic rings. The van der Waals surface area contributed by atoms with E-state index in [0.29, 0.717) is 42.5 Å². The zero-order chi connectivity index (χ0) is 18.5. The predicted octanol–water partition coefficient (Wildman–Crippen LogP) is 3.44. The van der Waals surface area contributed by atoms with Gasteiger partial charge in [-0.15, -0.1) is 0 Å². The Hall–Kier alpha value is -2.55. The van der Waals surface area contributed by atoms with Gasteiger partial charge in [-0.25, -0.2) is 0 Å². The number of nitrogens with zero attached hydrogens (tertiary/aromatic N) is 2. The van der Waals surface area contributed by atoms with Crippen molar-refractivity contribution in [2.24, 2.45) is 0 Å². The maximum Gasteiger partial charge on any atom is 0.254 e. The van der Waals surface area contributed by atoms with E-state index >= 15 is 0 Å². The highest BCUT2D eigenvalue weighted by molar-refractivity contribution is 6.31. The molecule has 0 aromatic heterocycles. The lowest BCUT2D eigenvalue weighted by Gasteiger charge is -2.33. The average Bonchev–Trinajstić information content (AvgIpc) is 2.68. The van der Waals surface area contributed by atoms with Crippen LogP contribution in [-0.2, 0) is 4.74 Å². The number of hydrogen-bond donors (Lipinski definition) is 0. The van der Waals surface area contributed by atoms with Crippen molar-refractivity contribution in [3.8, 4) is 11.8 Å². The highest BCUT2D eigenvalue weighted by atomic mass is 35.5. The molecule has 1 heterocycles. The molecular weight excluding hydrogens is 352 g/mol. The van der Waals surface area contributed by atoms with E-state index in [9.17, 15) is 4.79 Å². The normalized spacial score (nSPS) is 16.8. The number of carbonyl (C=O) groups is 1. The molecule has 1 unspecified atom stereocenters. The second kappa shape index (κ2) is 8.22. The Balaban J connectivity index is 1.60. The van der Waals surface area contributed by atoms with Crippen LogP contribution in [0.2, 0.25) is 5.02 Å². The Labute approximate surface area is 157 Å². The molecular formula is C20H19ClN2O3. The lowest BCUT2D eigenvalue weighted by Crippen LogP contribution is -2.47. The maximum atomic E-state index is 12.7. The SMILES string of the molecule is Cc1cc(OCC2CN(C(=O)c3cccc(C#N)c3)CCO2)ccc1Cl. The Morgan fingerprint density at radius 2 is 2.23 bits per heavy atom. The quantitative estimate of drug-likeness (QED) is 0.827. The number of rotatable bonds is 4. The number of amides is 1. The van der Waals surface area contributed by atoms with Crippen LogP contribution in [0.25, 0.3) is 0 Å². The summed E-state index contributed by atoms with van der Waals surface area (Å²) in [7, 11) is 0. The van der Waals surface area contributed by atoms with Crippen molar-refractivity contribution in [1.29, 1.82) is 5.26 Å². The molecule has 1 aliphatic rings. The van der Waals surface area contributed by atoms with Crippen LogP contribution >= 0.6 is 11.6 Å². The van der Waals surface area contributed by atoms with Gasteiger partial charge in [0.1, 0.15) is 18.5 Å². The minimum absolute atomic E-state index is 0.0993. The molecule has 26 heavy (non-hydrogen) atoms. The molecule has 5 nitrogen and oxygen atoms in total. The zero-order valence-corrected chi connectivity index (χ0v) is 15.2. The van der Waals surface area contributed by atoms with Crippen LogP contribution in [0.15, 0.2) is 42.5 Å². The van der Waals surface area contributed by atoms with Crippen LogP contribution in [0, 0.1) is 18.3 Å². The first-order valence-corrected chi connectivity index (χ1v) is 8.74. The first-order valence-electron chi connectivity index (χ1n) is 8.37. The summed E-state index contributed by atoms with van der Waals surface area (Å²) >= 11 is 6.02. The molecule has 0 saturated carbocycles. The Morgan fingerprint density at radius 3 is 3.00 bits per heavy atom. The van der Waals surface area contributed by atoms with Crippen LogP contribution < -0.4 is 4.74 Å². The Morgan fingerprint density at radius 1 is 1.38 bits per heavy atom. The molecule has 2 aromatic carbocycles. The first kappa shape index (κ1) is 18.2. The third-order valence-electron chi connectivity index (χ3n) is 4.23. The van der Waals surface area contributed by atoms with Crippen molar-refractivity contribution in [2.75, 3.05) is 26.3 Å². The summed E-state index contributed by atoms with van der Waals surface area (Å²) < 4.78 is 11.5. The van der Waals surface area contributed by atoms with E-state index in [2.05, 4.69) is 6.07 Å². The van der Waals surface area contributed by atoms with Gasteiger partial charge < -0.3 is 14.4 Å². The van der Waals surface area contributed by atoms with Crippen molar-refractivity contribution < 1.29 is 14.3 Å².